The second-order valence-electron chi connectivity index (χ2n) is 7.48. The van der Waals surface area contributed by atoms with Gasteiger partial charge in [-0.25, -0.2) is 4.98 Å². The lowest BCUT2D eigenvalue weighted by Gasteiger charge is -2.16. The van der Waals surface area contributed by atoms with Crippen molar-refractivity contribution < 1.29 is 4.79 Å². The fraction of sp³-hybridized carbons (Fsp3) is 0.333. The molecule has 4 heteroatoms. The fourth-order valence-corrected chi connectivity index (χ4v) is 3.97. The highest BCUT2D eigenvalue weighted by molar-refractivity contribution is 5.81. The maximum Gasteiger partial charge on any atom is 0.223 e. The maximum atomic E-state index is 12.5. The van der Waals surface area contributed by atoms with Crippen LogP contribution in [0.3, 0.4) is 0 Å². The molecule has 1 saturated heterocycles. The van der Waals surface area contributed by atoms with E-state index in [2.05, 4.69) is 54.0 Å². The second-order valence-corrected chi connectivity index (χ2v) is 7.48. The number of unbranched alkanes of at least 4 members (excludes halogenated alkanes) is 1. The first-order chi connectivity index (χ1) is 13.8. The van der Waals surface area contributed by atoms with Crippen LogP contribution in [0.1, 0.15) is 43.5 Å². The topological polar surface area (TPSA) is 38.1 Å². The van der Waals surface area contributed by atoms with Gasteiger partial charge in [0, 0.05) is 32.0 Å². The molecule has 1 fully saturated rings. The maximum absolute atomic E-state index is 12.5. The van der Waals surface area contributed by atoms with Crippen LogP contribution < -0.4 is 0 Å². The van der Waals surface area contributed by atoms with E-state index in [9.17, 15) is 4.79 Å². The van der Waals surface area contributed by atoms with Crippen molar-refractivity contribution in [2.75, 3.05) is 13.1 Å². The lowest BCUT2D eigenvalue weighted by molar-refractivity contribution is -0.127. The van der Waals surface area contributed by atoms with E-state index in [0.29, 0.717) is 6.42 Å². The Labute approximate surface area is 166 Å². The van der Waals surface area contributed by atoms with Gasteiger partial charge in [-0.15, -0.1) is 0 Å². The van der Waals surface area contributed by atoms with E-state index in [4.69, 9.17) is 4.98 Å². The van der Waals surface area contributed by atoms with Gasteiger partial charge in [0.1, 0.15) is 5.82 Å². The van der Waals surface area contributed by atoms with Crippen molar-refractivity contribution in [1.29, 1.82) is 0 Å². The molecule has 1 aromatic heterocycles. The van der Waals surface area contributed by atoms with E-state index in [1.807, 2.05) is 29.2 Å². The third-order valence-electron chi connectivity index (χ3n) is 5.44. The molecule has 1 amide bonds. The highest BCUT2D eigenvalue weighted by atomic mass is 16.2. The molecular formula is C24H27N3O. The molecule has 3 aromatic rings. The highest BCUT2D eigenvalue weighted by Gasteiger charge is 2.33. The summed E-state index contributed by atoms with van der Waals surface area (Å²) in [5.74, 6) is 1.46. The lowest BCUT2D eigenvalue weighted by Crippen LogP contribution is -2.26. The van der Waals surface area contributed by atoms with Crippen LogP contribution in [0, 0.1) is 0 Å². The molecule has 0 aliphatic carbocycles. The quantitative estimate of drug-likeness (QED) is 0.593. The minimum absolute atomic E-state index is 0.168. The minimum atomic E-state index is 0.168. The first-order valence-corrected chi connectivity index (χ1v) is 10.2. The smallest absolute Gasteiger partial charge is 0.223 e. The molecule has 1 unspecified atom stereocenters. The molecule has 0 spiro atoms. The van der Waals surface area contributed by atoms with Crippen molar-refractivity contribution in [2.24, 2.45) is 0 Å². The zero-order chi connectivity index (χ0) is 19.3. The molecule has 1 aliphatic heterocycles. The summed E-state index contributed by atoms with van der Waals surface area (Å²) < 4.78 is 2.27. The molecular weight excluding hydrogens is 346 g/mol. The Balaban J connectivity index is 1.60. The predicted octanol–water partition coefficient (Wildman–Crippen LogP) is 4.87. The summed E-state index contributed by atoms with van der Waals surface area (Å²) in [5.41, 5.74) is 3.33. The molecule has 1 atom stereocenters. The number of rotatable bonds is 7. The Kier molecular flexibility index (Phi) is 5.56. The Hall–Kier alpha value is -2.88. The van der Waals surface area contributed by atoms with Gasteiger partial charge >= 0.3 is 0 Å². The summed E-state index contributed by atoms with van der Waals surface area (Å²) in [4.78, 5) is 19.4. The number of hydrogen-bond acceptors (Lipinski definition) is 2. The summed E-state index contributed by atoms with van der Waals surface area (Å²) in [7, 11) is 0. The number of imidazole rings is 1. The van der Waals surface area contributed by atoms with Gasteiger partial charge in [0.25, 0.3) is 0 Å². The van der Waals surface area contributed by atoms with Crippen molar-refractivity contribution >= 4 is 23.0 Å². The van der Waals surface area contributed by atoms with E-state index in [-0.39, 0.29) is 11.8 Å². The molecule has 1 aliphatic rings. The molecule has 0 saturated carbocycles. The minimum Gasteiger partial charge on any atom is -0.342 e. The second kappa shape index (κ2) is 8.42. The van der Waals surface area contributed by atoms with E-state index in [1.165, 1.54) is 5.56 Å². The van der Waals surface area contributed by atoms with Crippen LogP contribution in [-0.4, -0.2) is 33.4 Å². The number of benzene rings is 2. The zero-order valence-corrected chi connectivity index (χ0v) is 16.4. The first-order valence-electron chi connectivity index (χ1n) is 10.2. The van der Waals surface area contributed by atoms with Crippen LogP contribution in [0.25, 0.3) is 17.1 Å². The van der Waals surface area contributed by atoms with E-state index in [0.717, 1.165) is 49.3 Å². The summed E-state index contributed by atoms with van der Waals surface area (Å²) in [6.45, 7) is 4.56. The van der Waals surface area contributed by atoms with Gasteiger partial charge in [0.2, 0.25) is 5.91 Å². The fourth-order valence-electron chi connectivity index (χ4n) is 3.97. The summed E-state index contributed by atoms with van der Waals surface area (Å²) in [6.07, 6.45) is 7.06. The number of carbonyl (C=O) groups is 1. The molecule has 0 N–H and O–H groups in total. The summed E-state index contributed by atoms with van der Waals surface area (Å²) in [5, 5.41) is 0. The molecule has 0 radical (unpaired) electrons. The number of fused-ring (bicyclic) bond motifs is 1. The monoisotopic (exact) mass is 373 g/mol. The van der Waals surface area contributed by atoms with Crippen molar-refractivity contribution in [3.05, 3.63) is 72.1 Å². The Bertz CT molecular complexity index is 974. The third kappa shape index (κ3) is 3.86. The van der Waals surface area contributed by atoms with Crippen LogP contribution >= 0.6 is 0 Å². The summed E-state index contributed by atoms with van der Waals surface area (Å²) in [6, 6.07) is 18.6. The van der Waals surface area contributed by atoms with Gasteiger partial charge in [0.05, 0.1) is 11.0 Å². The Morgan fingerprint density at radius 1 is 1.11 bits per heavy atom. The van der Waals surface area contributed by atoms with Crippen molar-refractivity contribution in [1.82, 2.24) is 14.5 Å². The SMILES string of the molecule is CCCCN1CC(c2nc3ccccc3n2C/C=C/c2ccccc2)CC1=O. The van der Waals surface area contributed by atoms with Gasteiger partial charge < -0.3 is 9.47 Å². The molecule has 28 heavy (non-hydrogen) atoms. The van der Waals surface area contributed by atoms with Crippen LogP contribution in [0.5, 0.6) is 0 Å². The number of para-hydroxylation sites is 2. The van der Waals surface area contributed by atoms with Crippen LogP contribution in [0.4, 0.5) is 0 Å². The predicted molar refractivity (Wildman–Crippen MR) is 114 cm³/mol. The van der Waals surface area contributed by atoms with Crippen LogP contribution in [0.2, 0.25) is 0 Å². The van der Waals surface area contributed by atoms with Gasteiger partial charge in [-0.2, -0.15) is 0 Å². The van der Waals surface area contributed by atoms with Crippen molar-refractivity contribution in [3.63, 3.8) is 0 Å². The number of amides is 1. The van der Waals surface area contributed by atoms with E-state index >= 15 is 0 Å². The molecule has 4 rings (SSSR count). The highest BCUT2D eigenvalue weighted by Crippen LogP contribution is 2.30. The van der Waals surface area contributed by atoms with Gasteiger partial charge in [-0.05, 0) is 24.1 Å². The van der Waals surface area contributed by atoms with Gasteiger partial charge in [0.15, 0.2) is 0 Å². The normalized spacial score (nSPS) is 17.2. The Morgan fingerprint density at radius 2 is 1.89 bits per heavy atom. The lowest BCUT2D eigenvalue weighted by atomic mass is 10.1. The molecule has 4 nitrogen and oxygen atoms in total. The molecule has 0 bridgehead atoms. The molecule has 2 heterocycles. The van der Waals surface area contributed by atoms with E-state index < -0.39 is 0 Å². The largest absolute Gasteiger partial charge is 0.342 e. The van der Waals surface area contributed by atoms with E-state index in [1.54, 1.807) is 0 Å². The molecule has 2 aromatic carbocycles. The first kappa shape index (κ1) is 18.5. The van der Waals surface area contributed by atoms with Gasteiger partial charge in [-0.3, -0.25) is 4.79 Å². The van der Waals surface area contributed by atoms with Crippen LogP contribution in [-0.2, 0) is 11.3 Å². The average molecular weight is 374 g/mol. The summed E-state index contributed by atoms with van der Waals surface area (Å²) >= 11 is 0. The molecule has 144 valence electrons. The standard InChI is InChI=1S/C24H27N3O/c1-2-3-15-26-18-20(17-23(26)28)24-25-21-13-7-8-14-22(21)27(24)16-9-12-19-10-5-4-6-11-19/h4-14,20H,2-3,15-18H2,1H3/b12-9+. The Morgan fingerprint density at radius 3 is 2.71 bits per heavy atom. The number of likely N-dealkylation sites (tertiary alicyclic amines) is 1. The number of carbonyl (C=O) groups excluding carboxylic acids is 1. The number of nitrogens with zero attached hydrogens (tertiary/aromatic N) is 3. The number of hydrogen-bond donors (Lipinski definition) is 0. The van der Waals surface area contributed by atoms with Gasteiger partial charge in [-0.1, -0.05) is 68.0 Å². The van der Waals surface area contributed by atoms with Crippen LogP contribution in [0.15, 0.2) is 60.7 Å². The number of aromatic nitrogens is 2. The van der Waals surface area contributed by atoms with Crippen molar-refractivity contribution in [3.8, 4) is 0 Å². The van der Waals surface area contributed by atoms with Crippen molar-refractivity contribution in [2.45, 2.75) is 38.6 Å². The third-order valence-corrected chi connectivity index (χ3v) is 5.44. The zero-order valence-electron chi connectivity index (χ0n) is 16.4. The average Bonchev–Trinajstić information content (AvgIpc) is 3.28. The number of allylic oxidation sites excluding steroid dienone is 1.